The van der Waals surface area contributed by atoms with E-state index in [0.29, 0.717) is 6.61 Å². The molecule has 16 heavy (non-hydrogen) atoms. The molecule has 0 saturated heterocycles. The van der Waals surface area contributed by atoms with Crippen LogP contribution in [-0.2, 0) is 0 Å². The lowest BCUT2D eigenvalue weighted by Gasteiger charge is -2.25. The summed E-state index contributed by atoms with van der Waals surface area (Å²) >= 11 is 0. The first-order valence-electron chi connectivity index (χ1n) is 5.38. The van der Waals surface area contributed by atoms with Crippen LogP contribution in [0.4, 0.5) is 0 Å². The summed E-state index contributed by atoms with van der Waals surface area (Å²) in [6, 6.07) is 14.6. The molecule has 1 aliphatic rings. The minimum Gasteiger partial charge on any atom is -0.489 e. The van der Waals surface area contributed by atoms with Gasteiger partial charge in [0, 0.05) is 5.56 Å². The van der Waals surface area contributed by atoms with Gasteiger partial charge in [0.1, 0.15) is 12.4 Å². The average molecular weight is 208 g/mol. The van der Waals surface area contributed by atoms with Gasteiger partial charge in [-0.15, -0.1) is 0 Å². The molecule has 0 N–H and O–H groups in total. The molecule has 1 nitrogen and oxygen atoms in total. The summed E-state index contributed by atoms with van der Waals surface area (Å²) in [4.78, 5) is 0. The topological polar surface area (TPSA) is 9.23 Å². The molecular weight excluding hydrogens is 196 g/mol. The van der Waals surface area contributed by atoms with Crippen LogP contribution in [0.1, 0.15) is 0 Å². The summed E-state index contributed by atoms with van der Waals surface area (Å²) in [5.74, 6) is 0.955. The molecule has 0 spiro atoms. The fourth-order valence-electron chi connectivity index (χ4n) is 2.18. The SMILES string of the molecule is C=CCOc1cccc2c1-c1ccccc1-2. The molecule has 0 radical (unpaired) electrons. The second-order valence-electron chi connectivity index (χ2n) is 3.82. The summed E-state index contributed by atoms with van der Waals surface area (Å²) in [6.07, 6.45) is 1.77. The Morgan fingerprint density at radius 2 is 1.69 bits per heavy atom. The Labute approximate surface area is 95.0 Å². The largest absolute Gasteiger partial charge is 0.489 e. The highest BCUT2D eigenvalue weighted by Crippen LogP contribution is 2.51. The third kappa shape index (κ3) is 1.18. The van der Waals surface area contributed by atoms with Gasteiger partial charge in [-0.05, 0) is 22.8 Å². The Morgan fingerprint density at radius 1 is 0.938 bits per heavy atom. The van der Waals surface area contributed by atoms with Gasteiger partial charge in [0.25, 0.3) is 0 Å². The number of rotatable bonds is 3. The number of hydrogen-bond acceptors (Lipinski definition) is 1. The Kier molecular flexibility index (Phi) is 2.03. The summed E-state index contributed by atoms with van der Waals surface area (Å²) in [7, 11) is 0. The molecule has 0 fully saturated rings. The van der Waals surface area contributed by atoms with Crippen molar-refractivity contribution in [2.45, 2.75) is 0 Å². The van der Waals surface area contributed by atoms with Crippen molar-refractivity contribution in [2.75, 3.05) is 6.61 Å². The van der Waals surface area contributed by atoms with Gasteiger partial charge in [0.2, 0.25) is 0 Å². The average Bonchev–Trinajstić information content (AvgIpc) is 2.33. The summed E-state index contributed by atoms with van der Waals surface area (Å²) in [5, 5.41) is 0. The first-order chi connectivity index (χ1) is 7.92. The number of ether oxygens (including phenoxy) is 1. The van der Waals surface area contributed by atoms with E-state index < -0.39 is 0 Å². The maximum atomic E-state index is 5.66. The molecule has 0 aromatic heterocycles. The van der Waals surface area contributed by atoms with Crippen molar-refractivity contribution in [3.8, 4) is 28.0 Å². The van der Waals surface area contributed by atoms with Gasteiger partial charge in [-0.3, -0.25) is 0 Å². The maximum absolute atomic E-state index is 5.66. The van der Waals surface area contributed by atoms with Gasteiger partial charge in [0.15, 0.2) is 0 Å². The first-order valence-corrected chi connectivity index (χ1v) is 5.38. The fourth-order valence-corrected chi connectivity index (χ4v) is 2.18. The van der Waals surface area contributed by atoms with E-state index in [9.17, 15) is 0 Å². The lowest BCUT2D eigenvalue weighted by molar-refractivity contribution is 0.364. The molecule has 0 amide bonds. The molecule has 0 aliphatic heterocycles. The predicted molar refractivity (Wildman–Crippen MR) is 66.6 cm³/mol. The van der Waals surface area contributed by atoms with Gasteiger partial charge in [-0.1, -0.05) is 49.1 Å². The van der Waals surface area contributed by atoms with Crippen LogP contribution in [0.2, 0.25) is 0 Å². The van der Waals surface area contributed by atoms with E-state index in [4.69, 9.17) is 4.74 Å². The molecule has 0 heterocycles. The van der Waals surface area contributed by atoms with Crippen molar-refractivity contribution in [1.29, 1.82) is 0 Å². The Morgan fingerprint density at radius 3 is 2.50 bits per heavy atom. The Bertz CT molecular complexity index is 555. The quantitative estimate of drug-likeness (QED) is 0.593. The lowest BCUT2D eigenvalue weighted by atomic mass is 9.80. The highest BCUT2D eigenvalue weighted by atomic mass is 16.5. The van der Waals surface area contributed by atoms with Crippen molar-refractivity contribution < 1.29 is 4.74 Å². The molecule has 0 unspecified atom stereocenters. The summed E-state index contributed by atoms with van der Waals surface area (Å²) in [6.45, 7) is 4.22. The molecule has 1 aliphatic carbocycles. The number of fused-ring (bicyclic) bond motifs is 4. The molecule has 0 saturated carbocycles. The molecule has 78 valence electrons. The third-order valence-electron chi connectivity index (χ3n) is 2.87. The second-order valence-corrected chi connectivity index (χ2v) is 3.82. The zero-order chi connectivity index (χ0) is 11.0. The molecule has 0 bridgehead atoms. The zero-order valence-corrected chi connectivity index (χ0v) is 8.94. The molecular formula is C15H12O. The minimum absolute atomic E-state index is 0.554. The maximum Gasteiger partial charge on any atom is 0.128 e. The number of hydrogen-bond donors (Lipinski definition) is 0. The molecule has 3 rings (SSSR count). The molecule has 0 atom stereocenters. The van der Waals surface area contributed by atoms with Gasteiger partial charge < -0.3 is 4.74 Å². The lowest BCUT2D eigenvalue weighted by Crippen LogP contribution is -2.03. The Hall–Kier alpha value is -2.02. The van der Waals surface area contributed by atoms with Crippen molar-refractivity contribution >= 4 is 0 Å². The van der Waals surface area contributed by atoms with Crippen LogP contribution in [0.3, 0.4) is 0 Å². The fraction of sp³-hybridized carbons (Fsp3) is 0.0667. The van der Waals surface area contributed by atoms with Crippen LogP contribution in [0, 0.1) is 0 Å². The van der Waals surface area contributed by atoms with E-state index in [-0.39, 0.29) is 0 Å². The second kappa shape index (κ2) is 3.53. The molecule has 1 heteroatoms. The van der Waals surface area contributed by atoms with Gasteiger partial charge in [-0.2, -0.15) is 0 Å². The van der Waals surface area contributed by atoms with Crippen molar-refractivity contribution in [1.82, 2.24) is 0 Å². The monoisotopic (exact) mass is 208 g/mol. The van der Waals surface area contributed by atoms with E-state index in [0.717, 1.165) is 5.75 Å². The zero-order valence-electron chi connectivity index (χ0n) is 8.94. The van der Waals surface area contributed by atoms with E-state index in [1.165, 1.54) is 22.3 Å². The van der Waals surface area contributed by atoms with Crippen LogP contribution in [0.25, 0.3) is 22.3 Å². The van der Waals surface area contributed by atoms with Crippen LogP contribution in [0.15, 0.2) is 55.1 Å². The van der Waals surface area contributed by atoms with Gasteiger partial charge >= 0.3 is 0 Å². The van der Waals surface area contributed by atoms with E-state index >= 15 is 0 Å². The van der Waals surface area contributed by atoms with Crippen LogP contribution in [-0.4, -0.2) is 6.61 Å². The van der Waals surface area contributed by atoms with Crippen molar-refractivity contribution in [2.24, 2.45) is 0 Å². The van der Waals surface area contributed by atoms with Gasteiger partial charge in [-0.25, -0.2) is 0 Å². The summed E-state index contributed by atoms with van der Waals surface area (Å²) < 4.78 is 5.66. The number of benzene rings is 2. The smallest absolute Gasteiger partial charge is 0.128 e. The normalized spacial score (nSPS) is 11.0. The van der Waals surface area contributed by atoms with Crippen LogP contribution >= 0.6 is 0 Å². The standard InChI is InChI=1S/C15H12O/c1-2-10-16-14-9-5-8-13-11-6-3-4-7-12(11)15(13)14/h2-9H,1,10H2. The van der Waals surface area contributed by atoms with Crippen molar-refractivity contribution in [3.63, 3.8) is 0 Å². The van der Waals surface area contributed by atoms with E-state index in [2.05, 4.69) is 36.9 Å². The molecule has 2 aromatic rings. The first kappa shape index (κ1) is 9.22. The highest BCUT2D eigenvalue weighted by molar-refractivity contribution is 6.04. The summed E-state index contributed by atoms with van der Waals surface area (Å²) in [5.41, 5.74) is 5.14. The molecule has 2 aromatic carbocycles. The van der Waals surface area contributed by atoms with Gasteiger partial charge in [0.05, 0.1) is 0 Å². The minimum atomic E-state index is 0.554. The van der Waals surface area contributed by atoms with Crippen LogP contribution < -0.4 is 4.74 Å². The van der Waals surface area contributed by atoms with Crippen molar-refractivity contribution in [3.05, 3.63) is 55.1 Å². The predicted octanol–water partition coefficient (Wildman–Crippen LogP) is 3.90. The van der Waals surface area contributed by atoms with E-state index in [1.807, 2.05) is 12.1 Å². The van der Waals surface area contributed by atoms with E-state index in [1.54, 1.807) is 6.08 Å². The van der Waals surface area contributed by atoms with Crippen LogP contribution in [0.5, 0.6) is 5.75 Å². The Balaban J connectivity index is 2.07. The highest BCUT2D eigenvalue weighted by Gasteiger charge is 2.24. The third-order valence-corrected chi connectivity index (χ3v) is 2.87.